The van der Waals surface area contributed by atoms with Crippen molar-refractivity contribution in [2.45, 2.75) is 12.8 Å². The van der Waals surface area contributed by atoms with Crippen molar-refractivity contribution >= 4 is 21.8 Å². The summed E-state index contributed by atoms with van der Waals surface area (Å²) >= 11 is 0. The van der Waals surface area contributed by atoms with E-state index in [9.17, 15) is 0 Å². The third kappa shape index (κ3) is 1.61. The molecule has 2 heteroatoms. The van der Waals surface area contributed by atoms with Crippen LogP contribution in [0.4, 0.5) is 0 Å². The third-order valence-electron chi connectivity index (χ3n) is 4.56. The standard InChI is InChI=1S/C20H15NO/c1-4-8-18-13(5-1)9-10-14-11-12-16-15-6-2-3-7-17(15)21-19(16)20(14)22-18/h1-8,11-12,21H,9-10H2. The molecule has 2 heterocycles. The SMILES string of the molecule is c1ccc2c(c1)CCc1ccc3c([nH]c4ccccc43)c1O2. The highest BCUT2D eigenvalue weighted by atomic mass is 16.5. The molecule has 1 N–H and O–H groups in total. The normalized spacial score (nSPS) is 13.5. The van der Waals surface area contributed by atoms with Crippen molar-refractivity contribution in [3.05, 3.63) is 71.8 Å². The summed E-state index contributed by atoms with van der Waals surface area (Å²) in [6.45, 7) is 0. The first-order chi connectivity index (χ1) is 10.9. The quantitative estimate of drug-likeness (QED) is 0.471. The van der Waals surface area contributed by atoms with Gasteiger partial charge in [-0.05, 0) is 36.1 Å². The monoisotopic (exact) mass is 285 g/mol. The molecule has 0 atom stereocenters. The average molecular weight is 285 g/mol. The Labute approximate surface area is 128 Å². The van der Waals surface area contributed by atoms with E-state index in [1.165, 1.54) is 21.9 Å². The number of aromatic amines is 1. The number of aromatic nitrogens is 1. The molecule has 0 bridgehead atoms. The molecule has 0 aliphatic carbocycles. The van der Waals surface area contributed by atoms with Crippen LogP contribution in [0.2, 0.25) is 0 Å². The molecule has 5 rings (SSSR count). The lowest BCUT2D eigenvalue weighted by molar-refractivity contribution is 0.484. The van der Waals surface area contributed by atoms with Crippen LogP contribution in [0.1, 0.15) is 11.1 Å². The zero-order chi connectivity index (χ0) is 14.5. The summed E-state index contributed by atoms with van der Waals surface area (Å²) < 4.78 is 6.31. The number of ether oxygens (including phenoxy) is 1. The van der Waals surface area contributed by atoms with E-state index in [0.29, 0.717) is 0 Å². The first-order valence-corrected chi connectivity index (χ1v) is 7.68. The van der Waals surface area contributed by atoms with Crippen molar-refractivity contribution < 1.29 is 4.74 Å². The fourth-order valence-electron chi connectivity index (χ4n) is 3.44. The first-order valence-electron chi connectivity index (χ1n) is 7.68. The molecule has 0 saturated heterocycles. The van der Waals surface area contributed by atoms with E-state index >= 15 is 0 Å². The summed E-state index contributed by atoms with van der Waals surface area (Å²) in [5.74, 6) is 1.96. The van der Waals surface area contributed by atoms with Gasteiger partial charge in [0.2, 0.25) is 0 Å². The maximum absolute atomic E-state index is 6.31. The molecule has 0 spiro atoms. The fraction of sp³-hybridized carbons (Fsp3) is 0.100. The lowest BCUT2D eigenvalue weighted by Gasteiger charge is -2.09. The van der Waals surface area contributed by atoms with Crippen molar-refractivity contribution in [3.8, 4) is 11.5 Å². The van der Waals surface area contributed by atoms with Crippen LogP contribution in [0.15, 0.2) is 60.7 Å². The minimum atomic E-state index is 0.979. The van der Waals surface area contributed by atoms with Crippen molar-refractivity contribution in [3.63, 3.8) is 0 Å². The highest BCUT2D eigenvalue weighted by Crippen LogP contribution is 2.40. The molecule has 0 saturated carbocycles. The van der Waals surface area contributed by atoms with E-state index in [1.807, 2.05) is 6.07 Å². The Balaban J connectivity index is 1.82. The minimum absolute atomic E-state index is 0.979. The van der Waals surface area contributed by atoms with Crippen LogP contribution < -0.4 is 4.74 Å². The summed E-state index contributed by atoms with van der Waals surface area (Å²) in [6, 6.07) is 21.2. The molecule has 4 aromatic rings. The van der Waals surface area contributed by atoms with Crippen LogP contribution in [-0.2, 0) is 12.8 Å². The highest BCUT2D eigenvalue weighted by molar-refractivity contribution is 6.09. The number of hydrogen-bond donors (Lipinski definition) is 1. The largest absolute Gasteiger partial charge is 0.455 e. The van der Waals surface area contributed by atoms with Gasteiger partial charge in [0.05, 0.1) is 5.52 Å². The second-order valence-corrected chi connectivity index (χ2v) is 5.86. The number of hydrogen-bond acceptors (Lipinski definition) is 1. The summed E-state index contributed by atoms with van der Waals surface area (Å²) in [5, 5.41) is 2.48. The maximum atomic E-state index is 6.31. The molecule has 2 nitrogen and oxygen atoms in total. The molecular weight excluding hydrogens is 270 g/mol. The summed E-state index contributed by atoms with van der Waals surface area (Å²) in [5.41, 5.74) is 4.82. The van der Waals surface area contributed by atoms with E-state index in [4.69, 9.17) is 4.74 Å². The molecule has 0 amide bonds. The number of fused-ring (bicyclic) bond motifs is 6. The van der Waals surface area contributed by atoms with Gasteiger partial charge in [0.15, 0.2) is 5.75 Å². The summed E-state index contributed by atoms with van der Waals surface area (Å²) in [4.78, 5) is 3.54. The number of nitrogens with one attached hydrogen (secondary N) is 1. The van der Waals surface area contributed by atoms with Gasteiger partial charge in [-0.1, -0.05) is 48.5 Å². The van der Waals surface area contributed by atoms with Gasteiger partial charge < -0.3 is 9.72 Å². The molecule has 1 aliphatic heterocycles. The molecule has 22 heavy (non-hydrogen) atoms. The number of H-pyrrole nitrogens is 1. The van der Waals surface area contributed by atoms with Crippen LogP contribution in [0, 0.1) is 0 Å². The van der Waals surface area contributed by atoms with Gasteiger partial charge in [0.1, 0.15) is 5.75 Å². The summed E-state index contributed by atoms with van der Waals surface area (Å²) in [7, 11) is 0. The van der Waals surface area contributed by atoms with Gasteiger partial charge >= 0.3 is 0 Å². The molecule has 0 radical (unpaired) electrons. The van der Waals surface area contributed by atoms with E-state index in [-0.39, 0.29) is 0 Å². The maximum Gasteiger partial charge on any atom is 0.154 e. The lowest BCUT2D eigenvalue weighted by atomic mass is 10.0. The molecule has 0 unspecified atom stereocenters. The molecular formula is C20H15NO. The van der Waals surface area contributed by atoms with Crippen LogP contribution >= 0.6 is 0 Å². The number of benzene rings is 3. The van der Waals surface area contributed by atoms with Crippen LogP contribution in [0.25, 0.3) is 21.8 Å². The highest BCUT2D eigenvalue weighted by Gasteiger charge is 2.18. The average Bonchev–Trinajstić information content (AvgIpc) is 2.83. The zero-order valence-corrected chi connectivity index (χ0v) is 12.1. The van der Waals surface area contributed by atoms with Crippen molar-refractivity contribution in [2.24, 2.45) is 0 Å². The van der Waals surface area contributed by atoms with Gasteiger partial charge in [0, 0.05) is 16.3 Å². The number of para-hydroxylation sites is 2. The Hall–Kier alpha value is -2.74. The molecule has 1 aromatic heterocycles. The van der Waals surface area contributed by atoms with Crippen LogP contribution in [0.5, 0.6) is 11.5 Å². The Kier molecular flexibility index (Phi) is 2.36. The Bertz CT molecular complexity index is 1010. The fourth-order valence-corrected chi connectivity index (χ4v) is 3.44. The third-order valence-corrected chi connectivity index (χ3v) is 4.56. The smallest absolute Gasteiger partial charge is 0.154 e. The Morgan fingerprint density at radius 3 is 2.55 bits per heavy atom. The minimum Gasteiger partial charge on any atom is -0.455 e. The van der Waals surface area contributed by atoms with Gasteiger partial charge in [0.25, 0.3) is 0 Å². The number of rotatable bonds is 0. The van der Waals surface area contributed by atoms with Crippen LogP contribution in [0.3, 0.4) is 0 Å². The molecule has 0 fully saturated rings. The lowest BCUT2D eigenvalue weighted by Crippen LogP contribution is -1.89. The zero-order valence-electron chi connectivity index (χ0n) is 12.1. The molecule has 1 aliphatic rings. The number of aryl methyl sites for hydroxylation is 2. The molecule has 3 aromatic carbocycles. The first kappa shape index (κ1) is 11.9. The second kappa shape index (κ2) is 4.38. The van der Waals surface area contributed by atoms with E-state index < -0.39 is 0 Å². The second-order valence-electron chi connectivity index (χ2n) is 5.86. The predicted molar refractivity (Wildman–Crippen MR) is 89.7 cm³/mol. The van der Waals surface area contributed by atoms with Crippen molar-refractivity contribution in [1.82, 2.24) is 4.98 Å². The Morgan fingerprint density at radius 2 is 1.55 bits per heavy atom. The van der Waals surface area contributed by atoms with E-state index in [0.717, 1.165) is 35.4 Å². The van der Waals surface area contributed by atoms with Gasteiger partial charge in [-0.15, -0.1) is 0 Å². The van der Waals surface area contributed by atoms with Crippen LogP contribution in [-0.4, -0.2) is 4.98 Å². The topological polar surface area (TPSA) is 25.0 Å². The van der Waals surface area contributed by atoms with Gasteiger partial charge in [-0.3, -0.25) is 0 Å². The molecule has 106 valence electrons. The Morgan fingerprint density at radius 1 is 0.727 bits per heavy atom. The van der Waals surface area contributed by atoms with Crippen molar-refractivity contribution in [2.75, 3.05) is 0 Å². The summed E-state index contributed by atoms with van der Waals surface area (Å²) in [6.07, 6.45) is 2.03. The van der Waals surface area contributed by atoms with Gasteiger partial charge in [-0.2, -0.15) is 0 Å². The van der Waals surface area contributed by atoms with E-state index in [2.05, 4.69) is 59.6 Å². The van der Waals surface area contributed by atoms with Gasteiger partial charge in [-0.25, -0.2) is 0 Å². The van der Waals surface area contributed by atoms with Crippen molar-refractivity contribution in [1.29, 1.82) is 0 Å². The predicted octanol–water partition coefficient (Wildman–Crippen LogP) is 5.21. The van der Waals surface area contributed by atoms with E-state index in [1.54, 1.807) is 0 Å².